The van der Waals surface area contributed by atoms with Crippen LogP contribution in [0.4, 0.5) is 0 Å². The van der Waals surface area contributed by atoms with Gasteiger partial charge in [0.1, 0.15) is 0 Å². The van der Waals surface area contributed by atoms with Gasteiger partial charge >= 0.3 is 0 Å². The molecule has 0 spiro atoms. The average molecular weight is 374 g/mol. The van der Waals surface area contributed by atoms with Gasteiger partial charge in [0.2, 0.25) is 5.91 Å². The third kappa shape index (κ3) is 6.54. The van der Waals surface area contributed by atoms with Gasteiger partial charge in [0.05, 0.1) is 6.04 Å². The van der Waals surface area contributed by atoms with Crippen LogP contribution in [0.3, 0.4) is 0 Å². The summed E-state index contributed by atoms with van der Waals surface area (Å²) in [6, 6.07) is 10.6. The number of aliphatic imine (C=N–C) groups is 1. The van der Waals surface area contributed by atoms with Crippen LogP contribution in [0.5, 0.6) is 0 Å². The van der Waals surface area contributed by atoms with E-state index in [-0.39, 0.29) is 11.9 Å². The summed E-state index contributed by atoms with van der Waals surface area (Å²) in [5.41, 5.74) is 1.33. The van der Waals surface area contributed by atoms with Crippen molar-refractivity contribution in [2.24, 2.45) is 4.99 Å². The molecule has 2 atom stereocenters. The molecule has 0 aliphatic carbocycles. The number of hydrogen-bond donors (Lipinski definition) is 2. The van der Waals surface area contributed by atoms with E-state index in [4.69, 9.17) is 0 Å². The number of rotatable bonds is 8. The Bertz CT molecular complexity index is 602. The Morgan fingerprint density at radius 2 is 2.04 bits per heavy atom. The number of carbonyl (C=O) groups is 1. The summed E-state index contributed by atoms with van der Waals surface area (Å²) in [5, 5.41) is 6.79. The monoisotopic (exact) mass is 373 g/mol. The molecule has 1 aliphatic heterocycles. The zero-order valence-electron chi connectivity index (χ0n) is 17.2. The summed E-state index contributed by atoms with van der Waals surface area (Å²) >= 11 is 0. The van der Waals surface area contributed by atoms with E-state index in [2.05, 4.69) is 51.7 Å². The molecule has 6 nitrogen and oxygen atoms in total. The SMILES string of the molecule is CN=C(NCCCN1CCCC1C(=O)N(C)C)NCC(C)c1ccccc1. The number of guanidine groups is 1. The highest BCUT2D eigenvalue weighted by atomic mass is 16.2. The fourth-order valence-corrected chi connectivity index (χ4v) is 3.53. The number of nitrogens with zero attached hydrogens (tertiary/aromatic N) is 3. The summed E-state index contributed by atoms with van der Waals surface area (Å²) in [4.78, 5) is 20.6. The fourth-order valence-electron chi connectivity index (χ4n) is 3.53. The van der Waals surface area contributed by atoms with Crippen LogP contribution in [0.15, 0.2) is 35.3 Å². The third-order valence-corrected chi connectivity index (χ3v) is 5.17. The van der Waals surface area contributed by atoms with Gasteiger partial charge in [0.15, 0.2) is 5.96 Å². The first kappa shape index (κ1) is 21.2. The second-order valence-electron chi connectivity index (χ2n) is 7.47. The molecule has 1 saturated heterocycles. The lowest BCUT2D eigenvalue weighted by atomic mass is 10.0. The van der Waals surface area contributed by atoms with E-state index in [0.29, 0.717) is 5.92 Å². The zero-order chi connectivity index (χ0) is 19.6. The molecule has 0 aromatic heterocycles. The molecule has 2 rings (SSSR count). The van der Waals surface area contributed by atoms with Crippen molar-refractivity contribution in [3.63, 3.8) is 0 Å². The van der Waals surface area contributed by atoms with Crippen LogP contribution < -0.4 is 10.6 Å². The van der Waals surface area contributed by atoms with Crippen LogP contribution in [0.25, 0.3) is 0 Å². The maximum absolute atomic E-state index is 12.2. The summed E-state index contributed by atoms with van der Waals surface area (Å²) in [6.07, 6.45) is 3.08. The molecule has 2 N–H and O–H groups in total. The smallest absolute Gasteiger partial charge is 0.239 e. The minimum absolute atomic E-state index is 0.0594. The molecule has 1 aromatic rings. The van der Waals surface area contributed by atoms with Crippen LogP contribution in [-0.2, 0) is 4.79 Å². The Morgan fingerprint density at radius 3 is 2.70 bits per heavy atom. The first-order valence-electron chi connectivity index (χ1n) is 9.97. The second kappa shape index (κ2) is 10.9. The molecule has 2 unspecified atom stereocenters. The third-order valence-electron chi connectivity index (χ3n) is 5.17. The number of hydrogen-bond acceptors (Lipinski definition) is 3. The summed E-state index contributed by atoms with van der Waals surface area (Å²) in [7, 11) is 5.48. The lowest BCUT2D eigenvalue weighted by Gasteiger charge is -2.26. The molecule has 1 amide bonds. The normalized spacial score (nSPS) is 19.0. The van der Waals surface area contributed by atoms with E-state index in [1.54, 1.807) is 11.9 Å². The van der Waals surface area contributed by atoms with Crippen LogP contribution in [-0.4, -0.2) is 75.0 Å². The van der Waals surface area contributed by atoms with Crippen LogP contribution in [0.1, 0.15) is 37.7 Å². The maximum atomic E-state index is 12.2. The van der Waals surface area contributed by atoms with E-state index in [9.17, 15) is 4.79 Å². The minimum Gasteiger partial charge on any atom is -0.356 e. The number of benzene rings is 1. The van der Waals surface area contributed by atoms with E-state index in [1.165, 1.54) is 5.56 Å². The van der Waals surface area contributed by atoms with Crippen molar-refractivity contribution in [1.82, 2.24) is 20.4 Å². The van der Waals surface area contributed by atoms with Gasteiger partial charge in [-0.15, -0.1) is 0 Å². The predicted molar refractivity (Wildman–Crippen MR) is 112 cm³/mol. The Balaban J connectivity index is 1.68. The van der Waals surface area contributed by atoms with E-state index in [1.807, 2.05) is 20.2 Å². The van der Waals surface area contributed by atoms with Gasteiger partial charge in [-0.05, 0) is 37.3 Å². The lowest BCUT2D eigenvalue weighted by Crippen LogP contribution is -2.44. The van der Waals surface area contributed by atoms with Crippen molar-refractivity contribution in [2.45, 2.75) is 38.1 Å². The van der Waals surface area contributed by atoms with Crippen LogP contribution >= 0.6 is 0 Å². The number of likely N-dealkylation sites (tertiary alicyclic amines) is 1. The van der Waals surface area contributed by atoms with Gasteiger partial charge in [-0.2, -0.15) is 0 Å². The molecule has 27 heavy (non-hydrogen) atoms. The average Bonchev–Trinajstić information content (AvgIpc) is 3.15. The molecule has 6 heteroatoms. The van der Waals surface area contributed by atoms with E-state index >= 15 is 0 Å². The lowest BCUT2D eigenvalue weighted by molar-refractivity contribution is -0.133. The Morgan fingerprint density at radius 1 is 1.30 bits per heavy atom. The molecule has 1 fully saturated rings. The maximum Gasteiger partial charge on any atom is 0.239 e. The van der Waals surface area contributed by atoms with E-state index < -0.39 is 0 Å². The molecular weight excluding hydrogens is 338 g/mol. The summed E-state index contributed by atoms with van der Waals surface area (Å²) in [5.74, 6) is 1.49. The fraction of sp³-hybridized carbons (Fsp3) is 0.619. The predicted octanol–water partition coefficient (Wildman–Crippen LogP) is 1.90. The quantitative estimate of drug-likeness (QED) is 0.415. The first-order chi connectivity index (χ1) is 13.0. The largest absolute Gasteiger partial charge is 0.356 e. The summed E-state index contributed by atoms with van der Waals surface area (Å²) < 4.78 is 0. The highest BCUT2D eigenvalue weighted by Gasteiger charge is 2.30. The Hall–Kier alpha value is -2.08. The van der Waals surface area contributed by atoms with E-state index in [0.717, 1.165) is 51.4 Å². The van der Waals surface area contributed by atoms with Gasteiger partial charge in [0, 0.05) is 40.8 Å². The highest BCUT2D eigenvalue weighted by molar-refractivity contribution is 5.81. The number of nitrogens with one attached hydrogen (secondary N) is 2. The standard InChI is InChI=1S/C21H35N5O/c1-17(18-10-6-5-7-11-18)16-24-21(22-2)23-13-9-15-26-14-8-12-19(26)20(27)25(3)4/h5-7,10-11,17,19H,8-9,12-16H2,1-4H3,(H2,22,23,24). The molecule has 1 heterocycles. The Kier molecular flexibility index (Phi) is 8.58. The molecule has 0 bridgehead atoms. The second-order valence-corrected chi connectivity index (χ2v) is 7.47. The summed E-state index contributed by atoms with van der Waals surface area (Å²) in [6.45, 7) is 5.86. The van der Waals surface area contributed by atoms with Crippen molar-refractivity contribution in [3.05, 3.63) is 35.9 Å². The van der Waals surface area contributed by atoms with Gasteiger partial charge in [0.25, 0.3) is 0 Å². The van der Waals surface area contributed by atoms with Crippen molar-refractivity contribution >= 4 is 11.9 Å². The van der Waals surface area contributed by atoms with Crippen molar-refractivity contribution in [1.29, 1.82) is 0 Å². The van der Waals surface area contributed by atoms with Crippen molar-refractivity contribution < 1.29 is 4.79 Å². The van der Waals surface area contributed by atoms with Gasteiger partial charge < -0.3 is 15.5 Å². The van der Waals surface area contributed by atoms with Gasteiger partial charge in [-0.25, -0.2) is 0 Å². The molecule has 0 radical (unpaired) electrons. The highest BCUT2D eigenvalue weighted by Crippen LogP contribution is 2.18. The molecule has 150 valence electrons. The van der Waals surface area contributed by atoms with Gasteiger partial charge in [-0.3, -0.25) is 14.7 Å². The molecular formula is C21H35N5O. The molecule has 1 aromatic carbocycles. The molecule has 1 aliphatic rings. The number of carbonyl (C=O) groups excluding carboxylic acids is 1. The Labute approximate surface area is 164 Å². The van der Waals surface area contributed by atoms with Crippen LogP contribution in [0.2, 0.25) is 0 Å². The zero-order valence-corrected chi connectivity index (χ0v) is 17.2. The number of amides is 1. The molecule has 0 saturated carbocycles. The first-order valence-corrected chi connectivity index (χ1v) is 9.97. The van der Waals surface area contributed by atoms with Crippen LogP contribution in [0, 0.1) is 0 Å². The van der Waals surface area contributed by atoms with Crippen molar-refractivity contribution in [3.8, 4) is 0 Å². The van der Waals surface area contributed by atoms with Gasteiger partial charge in [-0.1, -0.05) is 37.3 Å². The minimum atomic E-state index is 0.0594. The van der Waals surface area contributed by atoms with Crippen molar-refractivity contribution in [2.75, 3.05) is 47.3 Å². The topological polar surface area (TPSA) is 60.0 Å². The number of likely N-dealkylation sites (N-methyl/N-ethyl adjacent to an activating group) is 1.